The van der Waals surface area contributed by atoms with Gasteiger partial charge in [0.25, 0.3) is 0 Å². The zero-order chi connectivity index (χ0) is 18.8. The number of benzene rings is 1. The van der Waals surface area contributed by atoms with E-state index in [0.29, 0.717) is 5.02 Å². The van der Waals surface area contributed by atoms with Crippen molar-refractivity contribution in [3.63, 3.8) is 0 Å². The molecule has 1 aromatic carbocycles. The standard InChI is InChI=1S/C19H23ClN6O/c20-13-6-4-12(5-7-13)14-11-22-19(21)24-17(14)16-3-1-2-10-26(16)18(27)15-8-9-23-25-15/h4-7,11,15-16,23,25H,1-3,8-10H2,(H2,21,22,24). The molecule has 4 rings (SSSR count). The molecule has 2 fully saturated rings. The number of hydrogen-bond acceptors (Lipinski definition) is 6. The molecule has 4 N–H and O–H groups in total. The van der Waals surface area contributed by atoms with E-state index in [9.17, 15) is 4.79 Å². The molecule has 2 aliphatic rings. The Labute approximate surface area is 163 Å². The predicted octanol–water partition coefficient (Wildman–Crippen LogP) is 2.30. The quantitative estimate of drug-likeness (QED) is 0.749. The normalized spacial score (nSPS) is 22.8. The highest BCUT2D eigenvalue weighted by atomic mass is 35.5. The Morgan fingerprint density at radius 2 is 2.04 bits per heavy atom. The lowest BCUT2D eigenvalue weighted by Crippen LogP contribution is -2.48. The summed E-state index contributed by atoms with van der Waals surface area (Å²) < 4.78 is 0. The third kappa shape index (κ3) is 3.76. The summed E-state index contributed by atoms with van der Waals surface area (Å²) in [5.41, 5.74) is 14.7. The van der Waals surface area contributed by atoms with Gasteiger partial charge in [0.15, 0.2) is 0 Å². The zero-order valence-corrected chi connectivity index (χ0v) is 15.7. The summed E-state index contributed by atoms with van der Waals surface area (Å²) >= 11 is 6.03. The number of piperidine rings is 1. The number of amides is 1. The number of nitrogens with one attached hydrogen (secondary N) is 2. The van der Waals surface area contributed by atoms with Gasteiger partial charge in [-0.05, 0) is 43.4 Å². The van der Waals surface area contributed by atoms with Gasteiger partial charge in [-0.2, -0.15) is 0 Å². The van der Waals surface area contributed by atoms with Gasteiger partial charge in [0.1, 0.15) is 6.04 Å². The molecule has 2 atom stereocenters. The van der Waals surface area contributed by atoms with Crippen LogP contribution in [0.5, 0.6) is 0 Å². The van der Waals surface area contributed by atoms with Crippen molar-refractivity contribution in [2.45, 2.75) is 37.8 Å². The van der Waals surface area contributed by atoms with Gasteiger partial charge < -0.3 is 10.6 Å². The number of rotatable bonds is 3. The van der Waals surface area contributed by atoms with Crippen LogP contribution in [0.3, 0.4) is 0 Å². The highest BCUT2D eigenvalue weighted by Gasteiger charge is 2.35. The molecule has 27 heavy (non-hydrogen) atoms. The van der Waals surface area contributed by atoms with Crippen molar-refractivity contribution in [2.75, 3.05) is 18.8 Å². The molecule has 0 aliphatic carbocycles. The second kappa shape index (κ2) is 7.80. The van der Waals surface area contributed by atoms with Gasteiger partial charge in [-0.15, -0.1) is 0 Å². The van der Waals surface area contributed by atoms with E-state index < -0.39 is 0 Å². The van der Waals surface area contributed by atoms with Crippen molar-refractivity contribution in [3.8, 4) is 11.1 Å². The maximum Gasteiger partial charge on any atom is 0.241 e. The van der Waals surface area contributed by atoms with Gasteiger partial charge in [0.2, 0.25) is 11.9 Å². The number of carbonyl (C=O) groups is 1. The van der Waals surface area contributed by atoms with Crippen LogP contribution in [0.25, 0.3) is 11.1 Å². The maximum absolute atomic E-state index is 13.1. The summed E-state index contributed by atoms with van der Waals surface area (Å²) in [6.45, 7) is 1.52. The molecule has 0 bridgehead atoms. The van der Waals surface area contributed by atoms with E-state index >= 15 is 0 Å². The number of halogens is 1. The van der Waals surface area contributed by atoms with E-state index in [1.165, 1.54) is 0 Å². The average Bonchev–Trinajstić information content (AvgIpc) is 3.23. The van der Waals surface area contributed by atoms with E-state index in [1.54, 1.807) is 6.20 Å². The van der Waals surface area contributed by atoms with Crippen LogP contribution in [0.4, 0.5) is 5.95 Å². The summed E-state index contributed by atoms with van der Waals surface area (Å²) in [4.78, 5) is 23.8. The van der Waals surface area contributed by atoms with Crippen LogP contribution in [0.2, 0.25) is 5.02 Å². The van der Waals surface area contributed by atoms with Crippen LogP contribution in [0, 0.1) is 0 Å². The molecule has 0 spiro atoms. The molecule has 2 aliphatic heterocycles. The van der Waals surface area contributed by atoms with Crippen LogP contribution >= 0.6 is 11.6 Å². The molecule has 1 aromatic heterocycles. The minimum absolute atomic E-state index is 0.107. The van der Waals surface area contributed by atoms with Gasteiger partial charge >= 0.3 is 0 Å². The summed E-state index contributed by atoms with van der Waals surface area (Å²) in [5, 5.41) is 0.672. The molecule has 2 unspecified atom stereocenters. The molecule has 142 valence electrons. The van der Waals surface area contributed by atoms with Crippen LogP contribution in [-0.2, 0) is 4.79 Å². The van der Waals surface area contributed by atoms with Crippen LogP contribution in [0.15, 0.2) is 30.5 Å². The predicted molar refractivity (Wildman–Crippen MR) is 105 cm³/mol. The number of nitrogens with zero attached hydrogens (tertiary/aromatic N) is 3. The molecule has 0 saturated carbocycles. The lowest BCUT2D eigenvalue weighted by Gasteiger charge is -2.37. The number of carbonyl (C=O) groups excluding carboxylic acids is 1. The molecule has 1 amide bonds. The molecule has 2 saturated heterocycles. The molecule has 7 nitrogen and oxygen atoms in total. The van der Waals surface area contributed by atoms with E-state index in [1.807, 2.05) is 29.2 Å². The van der Waals surface area contributed by atoms with E-state index in [-0.39, 0.29) is 23.9 Å². The first-order valence-electron chi connectivity index (χ1n) is 9.30. The van der Waals surface area contributed by atoms with Crippen molar-refractivity contribution in [1.82, 2.24) is 25.7 Å². The molecule has 3 heterocycles. The topological polar surface area (TPSA) is 96.2 Å². The van der Waals surface area contributed by atoms with Crippen molar-refractivity contribution in [1.29, 1.82) is 0 Å². The molecular weight excluding hydrogens is 364 g/mol. The lowest BCUT2D eigenvalue weighted by atomic mass is 9.93. The van der Waals surface area contributed by atoms with E-state index in [4.69, 9.17) is 17.3 Å². The number of anilines is 1. The number of likely N-dealkylation sites (tertiary alicyclic amines) is 1. The van der Waals surface area contributed by atoms with Crippen LogP contribution in [0.1, 0.15) is 37.4 Å². The van der Waals surface area contributed by atoms with Gasteiger partial charge in [-0.1, -0.05) is 23.7 Å². The first-order valence-corrected chi connectivity index (χ1v) is 9.68. The highest BCUT2D eigenvalue weighted by Crippen LogP contribution is 2.36. The lowest BCUT2D eigenvalue weighted by molar-refractivity contribution is -0.137. The fourth-order valence-corrected chi connectivity index (χ4v) is 3.99. The Kier molecular flexibility index (Phi) is 5.24. The van der Waals surface area contributed by atoms with Crippen molar-refractivity contribution < 1.29 is 4.79 Å². The average molecular weight is 387 g/mol. The highest BCUT2D eigenvalue weighted by molar-refractivity contribution is 6.30. The minimum atomic E-state index is -0.191. The van der Waals surface area contributed by atoms with Crippen molar-refractivity contribution in [3.05, 3.63) is 41.2 Å². The maximum atomic E-state index is 13.1. The first kappa shape index (κ1) is 18.2. The SMILES string of the molecule is Nc1ncc(-c2ccc(Cl)cc2)c(C2CCCCN2C(=O)C2CCNN2)n1. The minimum Gasteiger partial charge on any atom is -0.368 e. The smallest absolute Gasteiger partial charge is 0.241 e. The summed E-state index contributed by atoms with van der Waals surface area (Å²) in [5.74, 6) is 0.338. The van der Waals surface area contributed by atoms with Gasteiger partial charge in [0, 0.05) is 29.9 Å². The Hall–Kier alpha value is -2.22. The van der Waals surface area contributed by atoms with Crippen molar-refractivity contribution >= 4 is 23.5 Å². The number of nitrogens with two attached hydrogens (primary N) is 1. The van der Waals surface area contributed by atoms with E-state index in [0.717, 1.165) is 55.6 Å². The van der Waals surface area contributed by atoms with Crippen LogP contribution < -0.4 is 16.6 Å². The van der Waals surface area contributed by atoms with Gasteiger partial charge in [0.05, 0.1) is 11.7 Å². The summed E-state index contributed by atoms with van der Waals surface area (Å²) in [6.07, 6.45) is 5.45. The fraction of sp³-hybridized carbons (Fsp3) is 0.421. The number of nitrogen functional groups attached to an aromatic ring is 1. The third-order valence-electron chi connectivity index (χ3n) is 5.23. The zero-order valence-electron chi connectivity index (χ0n) is 15.0. The van der Waals surface area contributed by atoms with Crippen molar-refractivity contribution in [2.24, 2.45) is 0 Å². The Balaban J connectivity index is 1.72. The Morgan fingerprint density at radius 1 is 1.22 bits per heavy atom. The summed E-state index contributed by atoms with van der Waals surface area (Å²) in [6, 6.07) is 7.27. The largest absolute Gasteiger partial charge is 0.368 e. The fourth-order valence-electron chi connectivity index (χ4n) is 3.86. The van der Waals surface area contributed by atoms with E-state index in [2.05, 4.69) is 20.8 Å². The summed E-state index contributed by atoms with van der Waals surface area (Å²) in [7, 11) is 0. The Bertz CT molecular complexity index is 821. The molecular formula is C19H23ClN6O. The number of hydrogen-bond donors (Lipinski definition) is 3. The van der Waals surface area contributed by atoms with Crippen LogP contribution in [-0.4, -0.2) is 39.9 Å². The monoisotopic (exact) mass is 386 g/mol. The van der Waals surface area contributed by atoms with Gasteiger partial charge in [-0.25, -0.2) is 15.4 Å². The molecule has 2 aromatic rings. The second-order valence-electron chi connectivity index (χ2n) is 6.99. The Morgan fingerprint density at radius 3 is 2.78 bits per heavy atom. The number of hydrazine groups is 1. The molecule has 8 heteroatoms. The molecule has 0 radical (unpaired) electrons. The third-order valence-corrected chi connectivity index (χ3v) is 5.48. The first-order chi connectivity index (χ1) is 13.1. The second-order valence-corrected chi connectivity index (χ2v) is 7.43. The van der Waals surface area contributed by atoms with Gasteiger partial charge in [-0.3, -0.25) is 10.2 Å². The number of aromatic nitrogens is 2.